The molecule has 2 unspecified atom stereocenters. The first-order chi connectivity index (χ1) is 29.8. The van der Waals surface area contributed by atoms with Crippen LogP contribution in [-0.4, -0.2) is 59.0 Å². The van der Waals surface area contributed by atoms with Crippen molar-refractivity contribution < 1.29 is 66.4 Å². The van der Waals surface area contributed by atoms with Gasteiger partial charge in [-0.1, -0.05) is 100 Å². The predicted octanol–water partition coefficient (Wildman–Crippen LogP) is 5.81. The zero-order chi connectivity index (χ0) is 48.8. The second kappa shape index (κ2) is 21.4. The number of carbonyl (C=O) groups is 4. The summed E-state index contributed by atoms with van der Waals surface area (Å²) in [6.07, 6.45) is 14.5. The summed E-state index contributed by atoms with van der Waals surface area (Å²) in [5.74, 6) is 2.21. The fourth-order valence-electron chi connectivity index (χ4n) is 13.4. The van der Waals surface area contributed by atoms with Crippen molar-refractivity contribution in [3.63, 3.8) is 0 Å². The minimum atomic E-state index is -0.541. The van der Waals surface area contributed by atoms with Crippen LogP contribution in [0.2, 0.25) is 0 Å². The molecule has 6 aliphatic rings. The van der Waals surface area contributed by atoms with E-state index >= 15 is 0 Å². The molecule has 13 nitrogen and oxygen atoms in total. The number of allylic oxidation sites excluding steroid dienone is 3. The van der Waals surface area contributed by atoms with E-state index in [0.717, 1.165) is 70.7 Å². The average Bonchev–Trinajstić information content (AvgIpc) is 3.70. The van der Waals surface area contributed by atoms with Crippen LogP contribution in [0.15, 0.2) is 33.9 Å². The predicted molar refractivity (Wildman–Crippen MR) is 245 cm³/mol. The number of ketones is 1. The van der Waals surface area contributed by atoms with E-state index in [1.807, 2.05) is 40.0 Å². The van der Waals surface area contributed by atoms with Crippen LogP contribution in [-0.2, 0) is 31.0 Å². The van der Waals surface area contributed by atoms with Gasteiger partial charge in [-0.15, -0.1) is 0 Å². The molecule has 0 aliphatic heterocycles. The number of aliphatic hydroxyl groups is 1. The van der Waals surface area contributed by atoms with Crippen LogP contribution in [0.3, 0.4) is 0 Å². The number of aromatic nitrogens is 1. The number of nitrogens with zero attached hydrogens (tertiary/aromatic N) is 3. The van der Waals surface area contributed by atoms with Gasteiger partial charge < -0.3 is 35.5 Å². The van der Waals surface area contributed by atoms with E-state index in [0.29, 0.717) is 18.0 Å². The number of nitrogens with one attached hydrogen (secondary N) is 3. The maximum Gasteiger partial charge on any atom is 1.00 e. The second-order valence-corrected chi connectivity index (χ2v) is 21.2. The van der Waals surface area contributed by atoms with Gasteiger partial charge in [0.2, 0.25) is 29.1 Å². The molecule has 3 fully saturated rings. The Morgan fingerprint density at radius 1 is 0.734 bits per heavy atom. The Morgan fingerprint density at radius 2 is 1.17 bits per heavy atom. The van der Waals surface area contributed by atoms with Crippen molar-refractivity contribution >= 4 is 23.5 Å². The zero-order valence-electron chi connectivity index (χ0n) is 42.6. The van der Waals surface area contributed by atoms with Crippen molar-refractivity contribution in [1.29, 1.82) is 0 Å². The third kappa shape index (κ3) is 10.5. The summed E-state index contributed by atoms with van der Waals surface area (Å²) < 4.78 is 15.5. The van der Waals surface area contributed by atoms with E-state index in [4.69, 9.17) is 25.7 Å². The Morgan fingerprint density at radius 3 is 1.64 bits per heavy atom. The summed E-state index contributed by atoms with van der Waals surface area (Å²) in [4.78, 5) is 53.9. The average molecular weight is 901 g/mol. The molecule has 4 N–H and O–H groups in total. The second-order valence-electron chi connectivity index (χ2n) is 21.2. The summed E-state index contributed by atoms with van der Waals surface area (Å²) >= 11 is 0. The molecule has 3 saturated carbocycles. The molecule has 0 bridgehead atoms. The zero-order valence-corrected chi connectivity index (χ0v) is 42.6. The van der Waals surface area contributed by atoms with Crippen molar-refractivity contribution in [3.05, 3.63) is 63.6 Å². The number of amides is 3. The van der Waals surface area contributed by atoms with E-state index < -0.39 is 10.8 Å². The van der Waals surface area contributed by atoms with Gasteiger partial charge in [-0.05, 0) is 80.0 Å². The summed E-state index contributed by atoms with van der Waals surface area (Å²) in [6, 6.07) is 0.340. The number of hydrogen-bond donors (Lipinski definition) is 4. The summed E-state index contributed by atoms with van der Waals surface area (Å²) in [5.41, 5.74) is 0.566. The van der Waals surface area contributed by atoms with Crippen LogP contribution in [0.4, 0.5) is 0 Å². The number of Topliss-reactive ketones (excluding diaryl/α,β-unsaturated/α-hetero) is 1. The first kappa shape index (κ1) is 54.8. The van der Waals surface area contributed by atoms with Crippen molar-refractivity contribution in [1.82, 2.24) is 21.1 Å². The van der Waals surface area contributed by atoms with Gasteiger partial charge in [-0.2, -0.15) is 7.11 Å². The van der Waals surface area contributed by atoms with E-state index in [-0.39, 0.29) is 124 Å². The van der Waals surface area contributed by atoms with E-state index in [9.17, 15) is 24.3 Å². The number of hydrogen-bond acceptors (Lipinski definition) is 8. The van der Waals surface area contributed by atoms with Crippen molar-refractivity contribution in [2.45, 2.75) is 185 Å². The van der Waals surface area contributed by atoms with E-state index in [1.54, 1.807) is 13.8 Å². The molecule has 0 aromatic carbocycles. The molecule has 0 saturated heterocycles. The van der Waals surface area contributed by atoms with Gasteiger partial charge in [0.1, 0.15) is 11.5 Å². The van der Waals surface area contributed by atoms with Crippen LogP contribution >= 0.6 is 0 Å². The molecule has 0 radical (unpaired) electrons. The summed E-state index contributed by atoms with van der Waals surface area (Å²) in [7, 11) is 0.750. The Balaban J connectivity index is 0.000000469. The maximum absolute atomic E-state index is 12.4. The van der Waals surface area contributed by atoms with Crippen LogP contribution in [0.1, 0.15) is 169 Å². The molecule has 1 aromatic rings. The Bertz CT molecular complexity index is 2040. The normalized spacial score (nSPS) is 33.5. The van der Waals surface area contributed by atoms with Gasteiger partial charge in [-0.3, -0.25) is 14.4 Å². The quantitative estimate of drug-likeness (QED) is 0.217. The Kier molecular flexibility index (Phi) is 18.4. The molecule has 7 rings (SSSR count). The van der Waals surface area contributed by atoms with Gasteiger partial charge in [0.25, 0.3) is 0 Å². The minimum absolute atomic E-state index is 0. The molecular formula is C50H79N6NaO7. The number of fused-ring (bicyclic) bond motifs is 4. The first-order valence-corrected chi connectivity index (χ1v) is 22.4. The summed E-state index contributed by atoms with van der Waals surface area (Å²) in [6.45, 7) is 38.3. The van der Waals surface area contributed by atoms with Gasteiger partial charge in [0.05, 0.1) is 19.3 Å². The molecule has 3 amide bonds. The van der Waals surface area contributed by atoms with Gasteiger partial charge in [0.15, 0.2) is 5.78 Å². The molecule has 0 spiro atoms. The molecule has 352 valence electrons. The molecule has 1 heterocycles. The molecular weight excluding hydrogens is 820 g/mol. The topological polar surface area (TPSA) is 182 Å². The summed E-state index contributed by atoms with van der Waals surface area (Å²) in [5, 5.41) is 31.9. The molecule has 14 heteroatoms. The number of carbonyl (C=O) groups excluding carboxylic acids is 4. The molecule has 64 heavy (non-hydrogen) atoms. The third-order valence-electron chi connectivity index (χ3n) is 16.1. The fourth-order valence-corrected chi connectivity index (χ4v) is 13.4. The van der Waals surface area contributed by atoms with Crippen molar-refractivity contribution in [3.8, 4) is 0 Å². The fraction of sp³-hybridized carbons (Fsp3) is 0.740. The number of aliphatic hydroxyl groups excluding tert-OH is 1. The van der Waals surface area contributed by atoms with Gasteiger partial charge >= 0.3 is 29.6 Å². The molecule has 9 atom stereocenters. The molecule has 1 aromatic heterocycles. The molecule has 6 aliphatic carbocycles. The largest absolute Gasteiger partial charge is 1.00 e. The van der Waals surface area contributed by atoms with Gasteiger partial charge in [-0.25, -0.2) is 9.69 Å². The van der Waals surface area contributed by atoms with Crippen LogP contribution in [0.25, 0.3) is 9.69 Å². The standard InChI is InChI=1S/2C16H24N2O2.C16H22N2O2.CH3O.CH4.Na.H2/c1-10(19)18-13-7-5-6-12-15(2,3)14-11(9-17-20-14)8-16(12,13)4;2*1-10(19)18-13-8-6-7-12-15(2,3)14(20)11(17-5)9-16(12,13)4;1-2;;;/h9,12-13H,5-8H2,1-4H3,(H,18,19);12-13,20H,6-9H2,1-4H3,(H,18,19);9,12-13H,6-8H2,1-4H3,(H,18,19);1H3;1H4;;1H/q;;;-1;;+1;/t2*12-,13?,16-;12-,13+,16-;;;;/m000..../s1/i;;;;;;1+1D. The smallest absolute Gasteiger partial charge is 0.857 e. The van der Waals surface area contributed by atoms with E-state index in [2.05, 4.69) is 65.4 Å². The Labute approximate surface area is 409 Å². The monoisotopic (exact) mass is 901 g/mol. The Hall–Kier alpha value is -3.49. The van der Waals surface area contributed by atoms with Crippen LogP contribution < -0.4 is 50.6 Å². The van der Waals surface area contributed by atoms with E-state index in [1.165, 1.54) is 18.9 Å². The third-order valence-corrected chi connectivity index (χ3v) is 16.1. The SMILES string of the molecule is C.CC(=O)NC1CCC[C@H]2C(C)(C)c3oncc3C[C@]12C.C[O-].[2H][2H].[C-]#[N+]C1=C(O)C(C)(C)[C@@H]2CCCC(NC(C)=O)[C@@]2(C)C1.[C-]#[N+]C1=C[C@]2(C)[C@H](NC(C)=O)CCC[C@H]2C(C)(C)C1=O.[Na+]. The minimum Gasteiger partial charge on any atom is -0.857 e. The van der Waals surface area contributed by atoms with Crippen molar-refractivity contribution in [2.75, 3.05) is 7.11 Å². The van der Waals surface area contributed by atoms with Crippen LogP contribution in [0.5, 0.6) is 0 Å². The van der Waals surface area contributed by atoms with Crippen LogP contribution in [0, 0.1) is 58.0 Å². The number of rotatable bonds is 3. The maximum atomic E-state index is 12.4. The van der Waals surface area contributed by atoms with Crippen molar-refractivity contribution in [2.24, 2.45) is 44.8 Å². The first-order valence-electron chi connectivity index (χ1n) is 23.4. The van der Waals surface area contributed by atoms with Gasteiger partial charge in [0, 0.05) is 69.1 Å².